The van der Waals surface area contributed by atoms with E-state index in [0.717, 1.165) is 25.2 Å². The van der Waals surface area contributed by atoms with E-state index in [-0.39, 0.29) is 18.0 Å². The fraction of sp³-hybridized carbons (Fsp3) is 0.455. The predicted molar refractivity (Wildman–Crippen MR) is 99.5 cm³/mol. The summed E-state index contributed by atoms with van der Waals surface area (Å²) in [5.74, 6) is 0.383. The Labute approximate surface area is 154 Å². The molecule has 2 heterocycles. The zero-order valence-corrected chi connectivity index (χ0v) is 14.9. The average Bonchev–Trinajstić information content (AvgIpc) is 3.04. The van der Waals surface area contributed by atoms with Crippen molar-refractivity contribution in [2.45, 2.75) is 43.5 Å². The number of aliphatic hydroxyl groups is 1. The molecule has 2 aliphatic heterocycles. The Hall–Kier alpha value is -1.75. The van der Waals surface area contributed by atoms with Gasteiger partial charge < -0.3 is 14.7 Å². The lowest BCUT2D eigenvalue weighted by atomic mass is 9.89. The maximum atomic E-state index is 13.1. The molecule has 0 saturated carbocycles. The molecular weight excluding hydrogens is 329 g/mol. The number of piperidine rings is 1. The standard InChI is InChI=1S/C22H26FNO2/c23-19-8-6-18(7-9-19)22-21(25)14-20(26-22)15-24-12-10-17(11-13-24)16-4-2-1-3-5-16/h1-9,17,20-22,25H,10-15H2/t20-,21-,22-/m1/s1. The molecule has 0 aliphatic carbocycles. The van der Waals surface area contributed by atoms with E-state index in [1.165, 1.54) is 30.5 Å². The van der Waals surface area contributed by atoms with Crippen molar-refractivity contribution in [3.05, 3.63) is 71.5 Å². The lowest BCUT2D eigenvalue weighted by Gasteiger charge is -2.33. The van der Waals surface area contributed by atoms with Crippen LogP contribution in [0.2, 0.25) is 0 Å². The topological polar surface area (TPSA) is 32.7 Å². The Morgan fingerprint density at radius 1 is 0.962 bits per heavy atom. The smallest absolute Gasteiger partial charge is 0.123 e. The minimum atomic E-state index is -0.521. The highest BCUT2D eigenvalue weighted by molar-refractivity contribution is 5.21. The van der Waals surface area contributed by atoms with Crippen LogP contribution in [0.4, 0.5) is 4.39 Å². The molecule has 0 spiro atoms. The van der Waals surface area contributed by atoms with Crippen LogP contribution in [0.5, 0.6) is 0 Å². The van der Waals surface area contributed by atoms with Gasteiger partial charge in [0.2, 0.25) is 0 Å². The van der Waals surface area contributed by atoms with Gasteiger partial charge in [0.1, 0.15) is 11.9 Å². The molecule has 1 N–H and O–H groups in total. The summed E-state index contributed by atoms with van der Waals surface area (Å²) in [6.45, 7) is 2.99. The molecular formula is C22H26FNO2. The molecule has 2 aromatic carbocycles. The maximum absolute atomic E-state index is 13.1. The molecule has 0 amide bonds. The van der Waals surface area contributed by atoms with Gasteiger partial charge >= 0.3 is 0 Å². The molecule has 2 aliphatic rings. The van der Waals surface area contributed by atoms with Crippen molar-refractivity contribution in [2.24, 2.45) is 0 Å². The molecule has 0 bridgehead atoms. The zero-order chi connectivity index (χ0) is 17.9. The molecule has 4 rings (SSSR count). The monoisotopic (exact) mass is 355 g/mol. The van der Waals surface area contributed by atoms with Crippen LogP contribution in [0, 0.1) is 5.82 Å². The van der Waals surface area contributed by atoms with Gasteiger partial charge in [-0.3, -0.25) is 0 Å². The predicted octanol–water partition coefficient (Wildman–Crippen LogP) is 3.90. The van der Waals surface area contributed by atoms with E-state index in [1.54, 1.807) is 12.1 Å². The van der Waals surface area contributed by atoms with E-state index in [9.17, 15) is 9.50 Å². The van der Waals surface area contributed by atoms with E-state index in [0.29, 0.717) is 12.3 Å². The number of halogens is 1. The summed E-state index contributed by atoms with van der Waals surface area (Å²) >= 11 is 0. The molecule has 0 radical (unpaired) electrons. The summed E-state index contributed by atoms with van der Waals surface area (Å²) in [5.41, 5.74) is 2.29. The summed E-state index contributed by atoms with van der Waals surface area (Å²) in [4.78, 5) is 2.45. The first-order chi connectivity index (χ1) is 12.7. The lowest BCUT2D eigenvalue weighted by Crippen LogP contribution is -2.38. The zero-order valence-electron chi connectivity index (χ0n) is 14.9. The van der Waals surface area contributed by atoms with E-state index >= 15 is 0 Å². The Kier molecular flexibility index (Phi) is 5.34. The van der Waals surface area contributed by atoms with E-state index in [2.05, 4.69) is 35.2 Å². The van der Waals surface area contributed by atoms with Gasteiger partial charge in [0.05, 0.1) is 12.2 Å². The van der Waals surface area contributed by atoms with Crippen LogP contribution in [0.3, 0.4) is 0 Å². The number of rotatable bonds is 4. The third kappa shape index (κ3) is 3.98. The third-order valence-electron chi connectivity index (χ3n) is 5.71. The van der Waals surface area contributed by atoms with E-state index < -0.39 is 6.10 Å². The Morgan fingerprint density at radius 2 is 1.65 bits per heavy atom. The van der Waals surface area contributed by atoms with E-state index in [4.69, 9.17) is 4.74 Å². The Morgan fingerprint density at radius 3 is 2.35 bits per heavy atom. The highest BCUT2D eigenvalue weighted by Crippen LogP contribution is 2.34. The SMILES string of the molecule is O[C@@H]1C[C@H](CN2CCC(c3ccccc3)CC2)O[C@@H]1c1ccc(F)cc1. The summed E-state index contributed by atoms with van der Waals surface area (Å²) < 4.78 is 19.2. The highest BCUT2D eigenvalue weighted by atomic mass is 19.1. The maximum Gasteiger partial charge on any atom is 0.123 e. The fourth-order valence-electron chi connectivity index (χ4n) is 4.28. The van der Waals surface area contributed by atoms with E-state index in [1.807, 2.05) is 0 Å². The van der Waals surface area contributed by atoms with Gasteiger partial charge in [-0.15, -0.1) is 0 Å². The van der Waals surface area contributed by atoms with Crippen molar-refractivity contribution < 1.29 is 14.2 Å². The highest BCUT2D eigenvalue weighted by Gasteiger charge is 2.36. The number of hydrogen-bond donors (Lipinski definition) is 1. The van der Waals surface area contributed by atoms with Gasteiger partial charge in [-0.2, -0.15) is 0 Å². The molecule has 2 aromatic rings. The second-order valence-electron chi connectivity index (χ2n) is 7.52. The first-order valence-corrected chi connectivity index (χ1v) is 9.55. The largest absolute Gasteiger partial charge is 0.390 e. The van der Waals surface area contributed by atoms with Crippen LogP contribution in [0.15, 0.2) is 54.6 Å². The second-order valence-corrected chi connectivity index (χ2v) is 7.52. The minimum absolute atomic E-state index is 0.0355. The molecule has 138 valence electrons. The molecule has 3 atom stereocenters. The average molecular weight is 355 g/mol. The van der Waals surface area contributed by atoms with Crippen molar-refractivity contribution in [1.82, 2.24) is 4.90 Å². The van der Waals surface area contributed by atoms with Crippen molar-refractivity contribution >= 4 is 0 Å². The van der Waals surface area contributed by atoms with Crippen molar-refractivity contribution in [2.75, 3.05) is 19.6 Å². The first kappa shape index (κ1) is 17.7. The second kappa shape index (κ2) is 7.87. The fourth-order valence-corrected chi connectivity index (χ4v) is 4.28. The van der Waals surface area contributed by atoms with Gasteiger partial charge in [0, 0.05) is 13.0 Å². The summed E-state index contributed by atoms with van der Waals surface area (Å²) in [6, 6.07) is 17.0. The molecule has 26 heavy (non-hydrogen) atoms. The van der Waals surface area contributed by atoms with Crippen LogP contribution in [-0.2, 0) is 4.74 Å². The molecule has 2 fully saturated rings. The number of hydrogen-bond acceptors (Lipinski definition) is 3. The van der Waals surface area contributed by atoms with Crippen molar-refractivity contribution in [1.29, 1.82) is 0 Å². The van der Waals surface area contributed by atoms with Crippen LogP contribution >= 0.6 is 0 Å². The van der Waals surface area contributed by atoms with Crippen LogP contribution in [0.25, 0.3) is 0 Å². The number of ether oxygens (including phenoxy) is 1. The summed E-state index contributed by atoms with van der Waals surface area (Å²) in [6.07, 6.45) is 2.14. The molecule has 2 saturated heterocycles. The van der Waals surface area contributed by atoms with Crippen LogP contribution < -0.4 is 0 Å². The molecule has 0 aromatic heterocycles. The van der Waals surface area contributed by atoms with Gasteiger partial charge in [-0.25, -0.2) is 4.39 Å². The van der Waals surface area contributed by atoms with Crippen LogP contribution in [0.1, 0.15) is 42.4 Å². The van der Waals surface area contributed by atoms with Crippen molar-refractivity contribution in [3.63, 3.8) is 0 Å². The number of likely N-dealkylation sites (tertiary alicyclic amines) is 1. The van der Waals surface area contributed by atoms with Crippen LogP contribution in [-0.4, -0.2) is 41.8 Å². The minimum Gasteiger partial charge on any atom is -0.390 e. The summed E-state index contributed by atoms with van der Waals surface area (Å²) in [7, 11) is 0. The third-order valence-corrected chi connectivity index (χ3v) is 5.71. The quantitative estimate of drug-likeness (QED) is 0.903. The molecule has 3 nitrogen and oxygen atoms in total. The molecule has 4 heteroatoms. The number of nitrogens with zero attached hydrogens (tertiary/aromatic N) is 1. The Bertz CT molecular complexity index is 698. The summed E-state index contributed by atoms with van der Waals surface area (Å²) in [5, 5.41) is 10.4. The van der Waals surface area contributed by atoms with Gasteiger partial charge in [-0.05, 0) is 55.1 Å². The number of aliphatic hydroxyl groups excluding tert-OH is 1. The molecule has 0 unspecified atom stereocenters. The Balaban J connectivity index is 1.30. The number of benzene rings is 2. The first-order valence-electron chi connectivity index (χ1n) is 9.55. The lowest BCUT2D eigenvalue weighted by molar-refractivity contribution is -0.00584. The van der Waals surface area contributed by atoms with Gasteiger partial charge in [0.15, 0.2) is 0 Å². The van der Waals surface area contributed by atoms with Crippen molar-refractivity contribution in [3.8, 4) is 0 Å². The normalized spacial score (nSPS) is 27.7. The van der Waals surface area contributed by atoms with Gasteiger partial charge in [0.25, 0.3) is 0 Å². The van der Waals surface area contributed by atoms with Gasteiger partial charge in [-0.1, -0.05) is 42.5 Å².